The second-order valence-corrected chi connectivity index (χ2v) is 8.17. The molecule has 1 aromatic carbocycles. The Morgan fingerprint density at radius 1 is 1.25 bits per heavy atom. The average Bonchev–Trinajstić information content (AvgIpc) is 3.04. The van der Waals surface area contributed by atoms with Crippen LogP contribution < -0.4 is 5.73 Å². The second kappa shape index (κ2) is 4.81. The normalized spacial score (nSPS) is 18.8. The van der Waals surface area contributed by atoms with Gasteiger partial charge in [0.2, 0.25) is 0 Å². The van der Waals surface area contributed by atoms with Crippen molar-refractivity contribution in [1.29, 1.82) is 0 Å². The molecular formula is C17H24N2S. The molecule has 1 saturated carbocycles. The molecule has 0 spiro atoms. The number of hydrogen-bond acceptors (Lipinski definition) is 3. The number of nitrogens with two attached hydrogens (primary N) is 1. The van der Waals surface area contributed by atoms with Gasteiger partial charge in [0.05, 0.1) is 15.2 Å². The molecule has 1 heterocycles. The van der Waals surface area contributed by atoms with Crippen LogP contribution in [0, 0.1) is 0 Å². The number of thiazole rings is 1. The predicted molar refractivity (Wildman–Crippen MR) is 87.5 cm³/mol. The summed E-state index contributed by atoms with van der Waals surface area (Å²) in [6, 6.07) is 6.82. The summed E-state index contributed by atoms with van der Waals surface area (Å²) in [4.78, 5) is 4.86. The van der Waals surface area contributed by atoms with E-state index in [4.69, 9.17) is 10.7 Å². The van der Waals surface area contributed by atoms with Crippen LogP contribution in [0.2, 0.25) is 0 Å². The fourth-order valence-electron chi connectivity index (χ4n) is 3.24. The van der Waals surface area contributed by atoms with Crippen molar-refractivity contribution in [2.75, 3.05) is 6.54 Å². The van der Waals surface area contributed by atoms with Crippen molar-refractivity contribution >= 4 is 21.6 Å². The third-order valence-corrected chi connectivity index (χ3v) is 6.06. The van der Waals surface area contributed by atoms with E-state index in [0.29, 0.717) is 0 Å². The minimum absolute atomic E-state index is 0.128. The van der Waals surface area contributed by atoms with Gasteiger partial charge in [0.1, 0.15) is 0 Å². The molecule has 108 valence electrons. The van der Waals surface area contributed by atoms with E-state index in [1.54, 1.807) is 0 Å². The highest BCUT2D eigenvalue weighted by Gasteiger charge is 2.34. The van der Waals surface area contributed by atoms with E-state index in [-0.39, 0.29) is 10.8 Å². The minimum atomic E-state index is 0.128. The van der Waals surface area contributed by atoms with Crippen LogP contribution in [0.3, 0.4) is 0 Å². The molecule has 0 bridgehead atoms. The Morgan fingerprint density at radius 3 is 2.55 bits per heavy atom. The van der Waals surface area contributed by atoms with Gasteiger partial charge in [0.25, 0.3) is 0 Å². The van der Waals surface area contributed by atoms with Crippen molar-refractivity contribution in [3.63, 3.8) is 0 Å². The summed E-state index contributed by atoms with van der Waals surface area (Å²) in [6.45, 7) is 7.44. The minimum Gasteiger partial charge on any atom is -0.330 e. The van der Waals surface area contributed by atoms with Crippen LogP contribution in [-0.4, -0.2) is 11.5 Å². The van der Waals surface area contributed by atoms with Gasteiger partial charge in [-0.25, -0.2) is 4.98 Å². The van der Waals surface area contributed by atoms with Crippen LogP contribution >= 0.6 is 11.3 Å². The zero-order chi connectivity index (χ0) is 14.4. The van der Waals surface area contributed by atoms with Crippen LogP contribution in [0.4, 0.5) is 0 Å². The average molecular weight is 288 g/mol. The van der Waals surface area contributed by atoms with Gasteiger partial charge in [-0.1, -0.05) is 39.7 Å². The molecule has 0 aliphatic heterocycles. The number of hydrogen-bond donors (Lipinski definition) is 1. The molecule has 2 N–H and O–H groups in total. The van der Waals surface area contributed by atoms with Gasteiger partial charge in [0.15, 0.2) is 0 Å². The van der Waals surface area contributed by atoms with Crippen molar-refractivity contribution < 1.29 is 0 Å². The molecule has 1 aromatic heterocycles. The molecule has 0 amide bonds. The lowest BCUT2D eigenvalue weighted by molar-refractivity contribution is 0.453. The molecule has 0 saturated heterocycles. The Morgan fingerprint density at radius 2 is 1.95 bits per heavy atom. The summed E-state index contributed by atoms with van der Waals surface area (Å²) < 4.78 is 1.30. The third kappa shape index (κ3) is 2.27. The van der Waals surface area contributed by atoms with Gasteiger partial charge < -0.3 is 5.73 Å². The molecule has 1 aliphatic rings. The summed E-state index contributed by atoms with van der Waals surface area (Å²) in [6.07, 6.45) is 5.07. The fourth-order valence-corrected chi connectivity index (χ4v) is 4.24. The van der Waals surface area contributed by atoms with Crippen molar-refractivity contribution in [3.05, 3.63) is 28.8 Å². The van der Waals surface area contributed by atoms with Crippen LogP contribution in [0.15, 0.2) is 18.2 Å². The Balaban J connectivity index is 2.06. The van der Waals surface area contributed by atoms with Gasteiger partial charge in [-0.15, -0.1) is 11.3 Å². The summed E-state index contributed by atoms with van der Waals surface area (Å²) in [5, 5.41) is 1.22. The zero-order valence-electron chi connectivity index (χ0n) is 12.7. The van der Waals surface area contributed by atoms with E-state index in [9.17, 15) is 0 Å². The lowest BCUT2D eigenvalue weighted by atomic mass is 9.79. The smallest absolute Gasteiger partial charge is 0.0992 e. The Bertz CT molecular complexity index is 615. The number of benzene rings is 1. The standard InChI is InChI=1S/C17H24N2S/c1-16(2,3)15-19-13-10-12(6-7-14(13)20-15)17(11-18)8-4-5-9-17/h6-7,10H,4-5,8-9,11,18H2,1-3H3. The van der Waals surface area contributed by atoms with Crippen molar-refractivity contribution in [2.24, 2.45) is 5.73 Å². The van der Waals surface area contributed by atoms with Gasteiger partial charge in [0, 0.05) is 17.4 Å². The number of nitrogens with zero attached hydrogens (tertiary/aromatic N) is 1. The van der Waals surface area contributed by atoms with Crippen molar-refractivity contribution in [2.45, 2.75) is 57.3 Å². The molecule has 0 radical (unpaired) electrons. The first-order valence-electron chi connectivity index (χ1n) is 7.56. The van der Waals surface area contributed by atoms with Gasteiger partial charge in [-0.2, -0.15) is 0 Å². The Labute approximate surface area is 125 Å². The molecule has 0 atom stereocenters. The first kappa shape index (κ1) is 14.0. The fraction of sp³-hybridized carbons (Fsp3) is 0.588. The molecule has 20 heavy (non-hydrogen) atoms. The number of fused-ring (bicyclic) bond motifs is 1. The maximum Gasteiger partial charge on any atom is 0.0992 e. The highest BCUT2D eigenvalue weighted by Crippen LogP contribution is 2.42. The van der Waals surface area contributed by atoms with Crippen LogP contribution in [0.5, 0.6) is 0 Å². The van der Waals surface area contributed by atoms with Gasteiger partial charge >= 0.3 is 0 Å². The predicted octanol–water partition coefficient (Wildman–Crippen LogP) is 4.36. The topological polar surface area (TPSA) is 38.9 Å². The molecule has 3 heteroatoms. The zero-order valence-corrected chi connectivity index (χ0v) is 13.5. The lowest BCUT2D eigenvalue weighted by Gasteiger charge is -2.27. The molecule has 3 rings (SSSR count). The van der Waals surface area contributed by atoms with Crippen LogP contribution in [0.25, 0.3) is 10.2 Å². The SMILES string of the molecule is CC(C)(C)c1nc2cc(C3(CN)CCCC3)ccc2s1. The molecule has 2 nitrogen and oxygen atoms in total. The molecule has 1 fully saturated rings. The largest absolute Gasteiger partial charge is 0.330 e. The van der Waals surface area contributed by atoms with E-state index >= 15 is 0 Å². The third-order valence-electron chi connectivity index (χ3n) is 4.59. The number of aromatic nitrogens is 1. The quantitative estimate of drug-likeness (QED) is 0.891. The first-order chi connectivity index (χ1) is 9.44. The Hall–Kier alpha value is -0.930. The van der Waals surface area contributed by atoms with E-state index in [1.165, 1.54) is 41.0 Å². The van der Waals surface area contributed by atoms with E-state index < -0.39 is 0 Å². The van der Waals surface area contributed by atoms with Gasteiger partial charge in [-0.3, -0.25) is 0 Å². The van der Waals surface area contributed by atoms with E-state index in [0.717, 1.165) is 12.1 Å². The molecule has 2 aromatic rings. The summed E-state index contributed by atoms with van der Waals surface area (Å²) in [5.41, 5.74) is 8.99. The Kier molecular flexibility index (Phi) is 3.38. The van der Waals surface area contributed by atoms with Crippen molar-refractivity contribution in [3.8, 4) is 0 Å². The maximum absolute atomic E-state index is 6.10. The van der Waals surface area contributed by atoms with E-state index in [2.05, 4.69) is 39.0 Å². The highest BCUT2D eigenvalue weighted by molar-refractivity contribution is 7.18. The van der Waals surface area contributed by atoms with Gasteiger partial charge in [-0.05, 0) is 30.5 Å². The highest BCUT2D eigenvalue weighted by atomic mass is 32.1. The monoisotopic (exact) mass is 288 g/mol. The lowest BCUT2D eigenvalue weighted by Crippen LogP contribution is -2.31. The second-order valence-electron chi connectivity index (χ2n) is 7.14. The molecule has 0 unspecified atom stereocenters. The first-order valence-corrected chi connectivity index (χ1v) is 8.38. The summed E-state index contributed by atoms with van der Waals surface area (Å²) in [5.74, 6) is 0. The summed E-state index contributed by atoms with van der Waals surface area (Å²) >= 11 is 1.82. The van der Waals surface area contributed by atoms with E-state index in [1.807, 2.05) is 11.3 Å². The van der Waals surface area contributed by atoms with Crippen LogP contribution in [0.1, 0.15) is 57.0 Å². The maximum atomic E-state index is 6.10. The summed E-state index contributed by atoms with van der Waals surface area (Å²) in [7, 11) is 0. The molecule has 1 aliphatic carbocycles. The van der Waals surface area contributed by atoms with Crippen LogP contribution in [-0.2, 0) is 10.8 Å². The van der Waals surface area contributed by atoms with Crippen molar-refractivity contribution in [1.82, 2.24) is 4.98 Å². The number of rotatable bonds is 2. The molecular weight excluding hydrogens is 264 g/mol.